The van der Waals surface area contributed by atoms with E-state index in [1.54, 1.807) is 36.2 Å². The summed E-state index contributed by atoms with van der Waals surface area (Å²) in [7, 11) is 1.75. The minimum absolute atomic E-state index is 0.0150. The summed E-state index contributed by atoms with van der Waals surface area (Å²) >= 11 is 11.8. The molecule has 0 unspecified atom stereocenters. The van der Waals surface area contributed by atoms with Gasteiger partial charge >= 0.3 is 0 Å². The lowest BCUT2D eigenvalue weighted by Crippen LogP contribution is -2.27. The molecule has 0 saturated carbocycles. The first-order valence-electron chi connectivity index (χ1n) is 8.61. The highest BCUT2D eigenvalue weighted by Gasteiger charge is 2.12. The molecule has 0 aromatic heterocycles. The van der Waals surface area contributed by atoms with Gasteiger partial charge in [0, 0.05) is 24.0 Å². The van der Waals surface area contributed by atoms with Crippen molar-refractivity contribution in [3.05, 3.63) is 94.0 Å². The van der Waals surface area contributed by atoms with Crippen LogP contribution in [0.1, 0.15) is 15.9 Å². The van der Waals surface area contributed by atoms with Crippen LogP contribution in [0.4, 0.5) is 11.4 Å². The maximum atomic E-state index is 12.5. The van der Waals surface area contributed by atoms with Crippen LogP contribution in [-0.4, -0.2) is 18.9 Å². The average Bonchev–Trinajstić information content (AvgIpc) is 2.71. The zero-order valence-corrected chi connectivity index (χ0v) is 16.7. The van der Waals surface area contributed by atoms with E-state index >= 15 is 0 Å². The fourth-order valence-corrected chi connectivity index (χ4v) is 2.93. The Kier molecular flexibility index (Phi) is 6.34. The molecule has 3 aromatic carbocycles. The molecule has 0 aliphatic rings. The molecule has 0 radical (unpaired) electrons. The normalized spacial score (nSPS) is 10.4. The lowest BCUT2D eigenvalue weighted by molar-refractivity contribution is -0.117. The van der Waals surface area contributed by atoms with Crippen molar-refractivity contribution in [2.75, 3.05) is 17.3 Å². The molecule has 1 N–H and O–H groups in total. The summed E-state index contributed by atoms with van der Waals surface area (Å²) in [6.07, 6.45) is 0.270. The van der Waals surface area contributed by atoms with E-state index in [0.29, 0.717) is 21.3 Å². The molecule has 3 aromatic rings. The third-order valence-corrected chi connectivity index (χ3v) is 5.01. The molecule has 28 heavy (non-hydrogen) atoms. The van der Waals surface area contributed by atoms with E-state index in [1.165, 1.54) is 6.07 Å². The first-order chi connectivity index (χ1) is 13.4. The molecular weight excluding hydrogens is 395 g/mol. The van der Waals surface area contributed by atoms with Gasteiger partial charge < -0.3 is 10.2 Å². The number of rotatable bonds is 5. The minimum atomic E-state index is -0.286. The zero-order chi connectivity index (χ0) is 20.1. The van der Waals surface area contributed by atoms with Gasteiger partial charge in [0.1, 0.15) is 0 Å². The van der Waals surface area contributed by atoms with E-state index in [0.717, 1.165) is 11.3 Å². The highest BCUT2D eigenvalue weighted by atomic mass is 35.5. The Morgan fingerprint density at radius 2 is 1.57 bits per heavy atom. The number of halogens is 2. The van der Waals surface area contributed by atoms with Gasteiger partial charge in [-0.1, -0.05) is 53.5 Å². The van der Waals surface area contributed by atoms with Crippen molar-refractivity contribution >= 4 is 46.4 Å². The number of hydrogen-bond acceptors (Lipinski definition) is 2. The summed E-state index contributed by atoms with van der Waals surface area (Å²) in [5.41, 5.74) is 2.75. The molecule has 0 fully saturated rings. The minimum Gasteiger partial charge on any atom is -0.322 e. The van der Waals surface area contributed by atoms with Gasteiger partial charge in [-0.15, -0.1) is 0 Å². The molecule has 0 atom stereocenters. The Bertz CT molecular complexity index is 989. The lowest BCUT2D eigenvalue weighted by Gasteiger charge is -2.17. The van der Waals surface area contributed by atoms with Gasteiger partial charge in [0.2, 0.25) is 5.91 Å². The second-order valence-electron chi connectivity index (χ2n) is 6.25. The van der Waals surface area contributed by atoms with Crippen molar-refractivity contribution in [1.29, 1.82) is 0 Å². The molecule has 0 saturated heterocycles. The third-order valence-electron chi connectivity index (χ3n) is 4.27. The monoisotopic (exact) mass is 412 g/mol. The number of carbonyl (C=O) groups is 2. The van der Waals surface area contributed by atoms with Crippen LogP contribution in [0, 0.1) is 0 Å². The molecule has 3 rings (SSSR count). The molecule has 0 heterocycles. The summed E-state index contributed by atoms with van der Waals surface area (Å²) in [6.45, 7) is 0. The molecule has 6 heteroatoms. The smallest absolute Gasteiger partial charge is 0.255 e. The maximum Gasteiger partial charge on any atom is 0.255 e. The quantitative estimate of drug-likeness (QED) is 0.605. The number of nitrogens with one attached hydrogen (secondary N) is 1. The first-order valence-corrected chi connectivity index (χ1v) is 9.36. The number of benzene rings is 3. The summed E-state index contributed by atoms with van der Waals surface area (Å²) in [5, 5.41) is 3.52. The highest BCUT2D eigenvalue weighted by molar-refractivity contribution is 6.42. The van der Waals surface area contributed by atoms with Gasteiger partial charge in [-0.25, -0.2) is 0 Å². The number of amides is 2. The van der Waals surface area contributed by atoms with Crippen molar-refractivity contribution < 1.29 is 9.59 Å². The maximum absolute atomic E-state index is 12.5. The SMILES string of the molecule is CN(C(=O)Cc1ccc(NC(=O)c2ccc(Cl)c(Cl)c2)cc1)c1ccccc1. The summed E-state index contributed by atoms with van der Waals surface area (Å²) in [5.74, 6) is -0.301. The molecule has 0 aliphatic heterocycles. The van der Waals surface area contributed by atoms with E-state index in [4.69, 9.17) is 23.2 Å². The Morgan fingerprint density at radius 1 is 0.893 bits per heavy atom. The topological polar surface area (TPSA) is 49.4 Å². The van der Waals surface area contributed by atoms with Gasteiger partial charge in [-0.2, -0.15) is 0 Å². The molecule has 0 bridgehead atoms. The van der Waals surface area contributed by atoms with Crippen LogP contribution < -0.4 is 10.2 Å². The van der Waals surface area contributed by atoms with Crippen LogP contribution in [0.3, 0.4) is 0 Å². The van der Waals surface area contributed by atoms with Crippen LogP contribution in [0.25, 0.3) is 0 Å². The Hall–Kier alpha value is -2.82. The van der Waals surface area contributed by atoms with Crippen molar-refractivity contribution in [3.8, 4) is 0 Å². The summed E-state index contributed by atoms with van der Waals surface area (Å²) < 4.78 is 0. The number of carbonyl (C=O) groups excluding carboxylic acids is 2. The second kappa shape index (κ2) is 8.91. The van der Waals surface area contributed by atoms with Crippen molar-refractivity contribution in [1.82, 2.24) is 0 Å². The number of likely N-dealkylation sites (N-methyl/N-ethyl adjacent to an activating group) is 1. The predicted octanol–water partition coefficient (Wildman–Crippen LogP) is 5.45. The van der Waals surface area contributed by atoms with E-state index in [9.17, 15) is 9.59 Å². The van der Waals surface area contributed by atoms with E-state index < -0.39 is 0 Å². The lowest BCUT2D eigenvalue weighted by atomic mass is 10.1. The van der Waals surface area contributed by atoms with E-state index in [2.05, 4.69) is 5.32 Å². The summed E-state index contributed by atoms with van der Waals surface area (Å²) in [4.78, 5) is 26.4. The molecule has 0 spiro atoms. The van der Waals surface area contributed by atoms with Crippen LogP contribution in [0.5, 0.6) is 0 Å². The first kappa shape index (κ1) is 19.9. The van der Waals surface area contributed by atoms with Gasteiger partial charge in [0.15, 0.2) is 0 Å². The number of hydrogen-bond donors (Lipinski definition) is 1. The van der Waals surface area contributed by atoms with Crippen LogP contribution in [0.15, 0.2) is 72.8 Å². The van der Waals surface area contributed by atoms with Crippen LogP contribution in [0.2, 0.25) is 10.0 Å². The number of para-hydroxylation sites is 1. The largest absolute Gasteiger partial charge is 0.322 e. The van der Waals surface area contributed by atoms with Gasteiger partial charge in [-0.05, 0) is 48.0 Å². The predicted molar refractivity (Wildman–Crippen MR) is 114 cm³/mol. The molecule has 142 valence electrons. The molecule has 4 nitrogen and oxygen atoms in total. The van der Waals surface area contributed by atoms with E-state index in [-0.39, 0.29) is 18.2 Å². The van der Waals surface area contributed by atoms with Crippen molar-refractivity contribution in [3.63, 3.8) is 0 Å². The van der Waals surface area contributed by atoms with Crippen molar-refractivity contribution in [2.45, 2.75) is 6.42 Å². The fourth-order valence-electron chi connectivity index (χ4n) is 2.64. The number of anilines is 2. The highest BCUT2D eigenvalue weighted by Crippen LogP contribution is 2.23. The van der Waals surface area contributed by atoms with Crippen LogP contribution in [-0.2, 0) is 11.2 Å². The molecule has 2 amide bonds. The Morgan fingerprint density at radius 3 is 2.21 bits per heavy atom. The third kappa shape index (κ3) is 4.91. The Labute approximate surface area is 173 Å². The molecular formula is C22H18Cl2N2O2. The Balaban J connectivity index is 1.62. The van der Waals surface area contributed by atoms with Gasteiger partial charge in [0.05, 0.1) is 16.5 Å². The molecule has 0 aliphatic carbocycles. The van der Waals surface area contributed by atoms with Gasteiger partial charge in [0.25, 0.3) is 5.91 Å². The fraction of sp³-hybridized carbons (Fsp3) is 0.0909. The number of nitrogens with zero attached hydrogens (tertiary/aromatic N) is 1. The summed E-state index contributed by atoms with van der Waals surface area (Å²) in [6, 6.07) is 21.3. The van der Waals surface area contributed by atoms with E-state index in [1.807, 2.05) is 42.5 Å². The average molecular weight is 413 g/mol. The standard InChI is InChI=1S/C22H18Cl2N2O2/c1-26(18-5-3-2-4-6-18)21(27)13-15-7-10-17(11-8-15)25-22(28)16-9-12-19(23)20(24)14-16/h2-12,14H,13H2,1H3,(H,25,28). The van der Waals surface area contributed by atoms with Crippen LogP contribution >= 0.6 is 23.2 Å². The van der Waals surface area contributed by atoms with Gasteiger partial charge in [-0.3, -0.25) is 9.59 Å². The second-order valence-corrected chi connectivity index (χ2v) is 7.06. The van der Waals surface area contributed by atoms with Crippen molar-refractivity contribution in [2.24, 2.45) is 0 Å². The zero-order valence-electron chi connectivity index (χ0n) is 15.2.